The van der Waals surface area contributed by atoms with Gasteiger partial charge in [0.15, 0.2) is 0 Å². The van der Waals surface area contributed by atoms with Gasteiger partial charge in [0.05, 0.1) is 22.5 Å². The van der Waals surface area contributed by atoms with Crippen molar-refractivity contribution in [2.45, 2.75) is 74.4 Å². The zero-order valence-electron chi connectivity index (χ0n) is 25.9. The Morgan fingerprint density at radius 1 is 0.913 bits per heavy atom. The highest BCUT2D eigenvalue weighted by molar-refractivity contribution is 7.89. The zero-order valence-corrected chi connectivity index (χ0v) is 26.7. The smallest absolute Gasteiger partial charge is 0.315 e. The Bertz CT molecular complexity index is 1900. The van der Waals surface area contributed by atoms with Crippen LogP contribution in [0.2, 0.25) is 0 Å². The number of amides is 3. The molecule has 2 saturated carbocycles. The van der Waals surface area contributed by atoms with E-state index in [4.69, 9.17) is 4.98 Å². The Kier molecular flexibility index (Phi) is 7.98. The number of benzene rings is 2. The Hall–Kier alpha value is -4.35. The molecule has 2 aromatic heterocycles. The highest BCUT2D eigenvalue weighted by Crippen LogP contribution is 2.47. The number of urea groups is 1. The van der Waals surface area contributed by atoms with E-state index in [1.165, 1.54) is 11.8 Å². The van der Waals surface area contributed by atoms with Crippen LogP contribution in [-0.2, 0) is 10.0 Å². The van der Waals surface area contributed by atoms with E-state index in [1.54, 1.807) is 30.6 Å². The highest BCUT2D eigenvalue weighted by atomic mass is 32.2. The molecular formula is C35H38N6O4S. The average Bonchev–Trinajstić information content (AvgIpc) is 3.99. The minimum atomic E-state index is -3.91. The number of aromatic nitrogens is 2. The number of sulfonamides is 1. The van der Waals surface area contributed by atoms with Crippen LogP contribution in [0.1, 0.15) is 96.2 Å². The molecule has 46 heavy (non-hydrogen) atoms. The monoisotopic (exact) mass is 638 g/mol. The maximum Gasteiger partial charge on any atom is 0.315 e. The summed E-state index contributed by atoms with van der Waals surface area (Å²) in [6, 6.07) is 15.7. The first-order valence-electron chi connectivity index (χ1n) is 16.0. The molecule has 4 N–H and O–H groups in total. The number of rotatable bonds is 10. The number of hydrogen-bond donors (Lipinski definition) is 4. The maximum atomic E-state index is 13.8. The van der Waals surface area contributed by atoms with E-state index in [1.807, 2.05) is 38.1 Å². The van der Waals surface area contributed by atoms with Crippen LogP contribution in [0.3, 0.4) is 0 Å². The van der Waals surface area contributed by atoms with Crippen LogP contribution in [0.15, 0.2) is 78.1 Å². The standard InChI is InChI=1S/C35H38N6O4S/c1-20(2)17-38-46(44,45)32-15-26-30(39-34(42)23-9-6-12-36-18-23)16-31(33(26)27-19-37-28(14-25(27)32)22-10-11-22)41-35(43)40-29-13-24(29)21-7-4-3-5-8-21/h3-9,12,14-15,18-20,22,24,29-31,38H,10-11,13,16-17H2,1-2H3,(H,39,42)(H2,40,41,43). The first-order chi connectivity index (χ1) is 22.2. The molecule has 0 spiro atoms. The van der Waals surface area contributed by atoms with Gasteiger partial charge in [0.25, 0.3) is 5.91 Å². The maximum absolute atomic E-state index is 13.8. The quantitative estimate of drug-likeness (QED) is 0.188. The first-order valence-corrected chi connectivity index (χ1v) is 17.4. The van der Waals surface area contributed by atoms with Gasteiger partial charge in [0, 0.05) is 59.5 Å². The summed E-state index contributed by atoms with van der Waals surface area (Å²) in [5, 5.41) is 10.6. The van der Waals surface area contributed by atoms with E-state index >= 15 is 0 Å². The molecule has 2 heterocycles. The van der Waals surface area contributed by atoms with Gasteiger partial charge >= 0.3 is 6.03 Å². The molecule has 0 aliphatic heterocycles. The predicted octanol–water partition coefficient (Wildman–Crippen LogP) is 5.21. The van der Waals surface area contributed by atoms with E-state index in [2.05, 4.69) is 37.8 Å². The van der Waals surface area contributed by atoms with Crippen LogP contribution in [-0.4, -0.2) is 42.9 Å². The van der Waals surface area contributed by atoms with Gasteiger partial charge in [-0.15, -0.1) is 0 Å². The fraction of sp³-hybridized carbons (Fsp3) is 0.371. The molecule has 238 valence electrons. The van der Waals surface area contributed by atoms with E-state index in [-0.39, 0.29) is 41.3 Å². The molecule has 4 aromatic rings. The number of fused-ring (bicyclic) bond motifs is 3. The van der Waals surface area contributed by atoms with Crippen LogP contribution < -0.4 is 20.7 Å². The van der Waals surface area contributed by atoms with Gasteiger partial charge in [0.1, 0.15) is 0 Å². The molecule has 3 aliphatic carbocycles. The van der Waals surface area contributed by atoms with E-state index in [0.29, 0.717) is 34.2 Å². The number of carbonyl (C=O) groups is 2. The van der Waals surface area contributed by atoms with Crippen molar-refractivity contribution in [2.24, 2.45) is 5.92 Å². The molecule has 2 aromatic carbocycles. The molecule has 7 rings (SSSR count). The van der Waals surface area contributed by atoms with Crippen LogP contribution in [0.25, 0.3) is 10.8 Å². The van der Waals surface area contributed by atoms with E-state index < -0.39 is 22.1 Å². The largest absolute Gasteiger partial charge is 0.345 e. The summed E-state index contributed by atoms with van der Waals surface area (Å²) in [5.41, 5.74) is 3.88. The third kappa shape index (κ3) is 6.21. The molecule has 0 radical (unpaired) electrons. The van der Waals surface area contributed by atoms with Crippen molar-refractivity contribution in [3.05, 3.63) is 101 Å². The molecular weight excluding hydrogens is 600 g/mol. The van der Waals surface area contributed by atoms with Crippen LogP contribution in [0.4, 0.5) is 4.79 Å². The molecule has 0 saturated heterocycles. The fourth-order valence-corrected chi connectivity index (χ4v) is 7.93. The predicted molar refractivity (Wildman–Crippen MR) is 175 cm³/mol. The minimum absolute atomic E-state index is 0.0309. The van der Waals surface area contributed by atoms with Crippen molar-refractivity contribution in [3.63, 3.8) is 0 Å². The van der Waals surface area contributed by atoms with Crippen molar-refractivity contribution in [3.8, 4) is 0 Å². The van der Waals surface area contributed by atoms with Crippen molar-refractivity contribution in [1.82, 2.24) is 30.6 Å². The molecule has 4 unspecified atom stereocenters. The Balaban J connectivity index is 1.25. The van der Waals surface area contributed by atoms with E-state index in [9.17, 15) is 18.0 Å². The lowest BCUT2D eigenvalue weighted by molar-refractivity contribution is 0.0935. The second-order valence-corrected chi connectivity index (χ2v) is 14.8. The summed E-state index contributed by atoms with van der Waals surface area (Å²) < 4.78 is 30.4. The third-order valence-electron chi connectivity index (χ3n) is 9.11. The third-order valence-corrected chi connectivity index (χ3v) is 10.6. The second kappa shape index (κ2) is 12.1. The van der Waals surface area contributed by atoms with Gasteiger partial charge in [-0.2, -0.15) is 0 Å². The lowest BCUT2D eigenvalue weighted by Gasteiger charge is -2.19. The normalized spacial score (nSPS) is 22.0. The summed E-state index contributed by atoms with van der Waals surface area (Å²) >= 11 is 0. The molecule has 4 atom stereocenters. The zero-order chi connectivity index (χ0) is 32.0. The minimum Gasteiger partial charge on any atom is -0.345 e. The molecule has 2 fully saturated rings. The van der Waals surface area contributed by atoms with Crippen LogP contribution >= 0.6 is 0 Å². The first kappa shape index (κ1) is 30.3. The Morgan fingerprint density at radius 3 is 2.43 bits per heavy atom. The summed E-state index contributed by atoms with van der Waals surface area (Å²) in [4.78, 5) is 35.7. The molecule has 3 amide bonds. The lowest BCUT2D eigenvalue weighted by atomic mass is 9.98. The molecule has 3 aliphatic rings. The topological polar surface area (TPSA) is 142 Å². The molecule has 11 heteroatoms. The number of nitrogens with one attached hydrogen (secondary N) is 4. The Morgan fingerprint density at radius 2 is 1.72 bits per heavy atom. The van der Waals surface area contributed by atoms with Crippen molar-refractivity contribution < 1.29 is 18.0 Å². The van der Waals surface area contributed by atoms with Crippen molar-refractivity contribution >= 4 is 32.7 Å². The second-order valence-electron chi connectivity index (χ2n) is 13.1. The molecule has 10 nitrogen and oxygen atoms in total. The summed E-state index contributed by atoms with van der Waals surface area (Å²) in [6.07, 6.45) is 8.09. The lowest BCUT2D eigenvalue weighted by Crippen LogP contribution is -2.39. The van der Waals surface area contributed by atoms with Gasteiger partial charge in [-0.1, -0.05) is 44.2 Å². The fourth-order valence-electron chi connectivity index (χ4n) is 6.48. The highest BCUT2D eigenvalue weighted by Gasteiger charge is 2.41. The van der Waals surface area contributed by atoms with Gasteiger partial charge in [0.2, 0.25) is 10.0 Å². The van der Waals surface area contributed by atoms with Gasteiger partial charge in [-0.05, 0) is 72.6 Å². The molecule has 0 bridgehead atoms. The average molecular weight is 639 g/mol. The van der Waals surface area contributed by atoms with Gasteiger partial charge in [-0.25, -0.2) is 17.9 Å². The van der Waals surface area contributed by atoms with Crippen molar-refractivity contribution in [2.75, 3.05) is 6.54 Å². The van der Waals surface area contributed by atoms with Crippen molar-refractivity contribution in [1.29, 1.82) is 0 Å². The van der Waals surface area contributed by atoms with Gasteiger partial charge in [-0.3, -0.25) is 14.8 Å². The number of pyridine rings is 2. The number of hydrogen-bond acceptors (Lipinski definition) is 6. The summed E-state index contributed by atoms with van der Waals surface area (Å²) in [5.74, 6) is 0.374. The number of nitrogens with zero attached hydrogens (tertiary/aromatic N) is 2. The van der Waals surface area contributed by atoms with Crippen LogP contribution in [0, 0.1) is 5.92 Å². The van der Waals surface area contributed by atoms with E-state index in [0.717, 1.165) is 30.5 Å². The Labute approximate surface area is 268 Å². The SMILES string of the molecule is CC(C)CNS(=O)(=O)c1cc2c(c3cnc(C4CC4)cc13)C(NC(=O)NC1CC1c1ccccc1)CC2NC(=O)c1cccnc1. The summed E-state index contributed by atoms with van der Waals surface area (Å²) in [6.45, 7) is 4.19. The van der Waals surface area contributed by atoms with Gasteiger partial charge < -0.3 is 16.0 Å². The van der Waals surface area contributed by atoms with Crippen LogP contribution in [0.5, 0.6) is 0 Å². The summed E-state index contributed by atoms with van der Waals surface area (Å²) in [7, 11) is -3.91. The number of carbonyl (C=O) groups excluding carboxylic acids is 2.